The molecule has 3 N–H and O–H groups in total. The van der Waals surface area contributed by atoms with Crippen molar-refractivity contribution >= 4 is 5.97 Å². The molecule has 19 heavy (non-hydrogen) atoms. The molecule has 0 atom stereocenters. The predicted octanol–water partition coefficient (Wildman–Crippen LogP) is 1.92. The summed E-state index contributed by atoms with van der Waals surface area (Å²) in [6, 6.07) is 4.06. The van der Waals surface area contributed by atoms with E-state index in [1.165, 1.54) is 12.1 Å². The third-order valence-corrected chi connectivity index (χ3v) is 3.58. The summed E-state index contributed by atoms with van der Waals surface area (Å²) >= 11 is 0. The molecule has 0 aromatic heterocycles. The first-order chi connectivity index (χ1) is 9.00. The summed E-state index contributed by atoms with van der Waals surface area (Å²) < 4.78 is 13.4. The SMILES string of the molecule is O=C(O)c1ccc(CNCC2(O)CCCC2)cc1F. The number of carbonyl (C=O) groups is 1. The average molecular weight is 267 g/mol. The number of hydrogen-bond donors (Lipinski definition) is 3. The smallest absolute Gasteiger partial charge is 0.338 e. The van der Waals surface area contributed by atoms with Crippen LogP contribution in [0, 0.1) is 5.82 Å². The van der Waals surface area contributed by atoms with E-state index in [-0.39, 0.29) is 5.56 Å². The number of carboxylic acid groups (broad SMARTS) is 1. The van der Waals surface area contributed by atoms with Crippen LogP contribution in [0.1, 0.15) is 41.6 Å². The van der Waals surface area contributed by atoms with Gasteiger partial charge in [-0.3, -0.25) is 0 Å². The van der Waals surface area contributed by atoms with Crippen LogP contribution in [0.15, 0.2) is 18.2 Å². The Labute approximate surface area is 111 Å². The van der Waals surface area contributed by atoms with Gasteiger partial charge in [-0.15, -0.1) is 0 Å². The van der Waals surface area contributed by atoms with Crippen molar-refractivity contribution in [3.63, 3.8) is 0 Å². The largest absolute Gasteiger partial charge is 0.478 e. The Morgan fingerprint density at radius 3 is 2.63 bits per heavy atom. The van der Waals surface area contributed by atoms with Crippen LogP contribution >= 0.6 is 0 Å². The molecule has 0 aliphatic heterocycles. The van der Waals surface area contributed by atoms with Gasteiger partial charge in [-0.1, -0.05) is 18.9 Å². The molecule has 0 amide bonds. The standard InChI is InChI=1S/C14H18FNO3/c15-12-7-10(3-4-11(12)13(17)18)8-16-9-14(19)5-1-2-6-14/h3-4,7,16,19H,1-2,5-6,8-9H2,(H,17,18). The van der Waals surface area contributed by atoms with E-state index in [0.717, 1.165) is 25.7 Å². The quantitative estimate of drug-likeness (QED) is 0.762. The fourth-order valence-corrected chi connectivity index (χ4v) is 2.49. The molecule has 104 valence electrons. The van der Waals surface area contributed by atoms with Crippen LogP contribution in [0.5, 0.6) is 0 Å². The first-order valence-corrected chi connectivity index (χ1v) is 6.45. The molecule has 1 fully saturated rings. The molecule has 0 bridgehead atoms. The van der Waals surface area contributed by atoms with Crippen molar-refractivity contribution in [1.29, 1.82) is 0 Å². The van der Waals surface area contributed by atoms with Crippen molar-refractivity contribution < 1.29 is 19.4 Å². The summed E-state index contributed by atoms with van der Waals surface area (Å²) in [5.41, 5.74) is -0.290. The number of halogens is 1. The van der Waals surface area contributed by atoms with Gasteiger partial charge in [0.05, 0.1) is 11.2 Å². The van der Waals surface area contributed by atoms with Crippen molar-refractivity contribution in [2.45, 2.75) is 37.8 Å². The van der Waals surface area contributed by atoms with E-state index in [1.54, 1.807) is 6.07 Å². The second-order valence-corrected chi connectivity index (χ2v) is 5.15. The van der Waals surface area contributed by atoms with Gasteiger partial charge in [-0.05, 0) is 30.5 Å². The summed E-state index contributed by atoms with van der Waals surface area (Å²) in [4.78, 5) is 10.7. The van der Waals surface area contributed by atoms with Gasteiger partial charge in [0.15, 0.2) is 0 Å². The summed E-state index contributed by atoms with van der Waals surface area (Å²) in [6.45, 7) is 0.897. The third kappa shape index (κ3) is 3.52. The second-order valence-electron chi connectivity index (χ2n) is 5.15. The molecule has 1 aliphatic carbocycles. The minimum atomic E-state index is -1.27. The molecule has 0 unspecified atom stereocenters. The van der Waals surface area contributed by atoms with Gasteiger partial charge in [0, 0.05) is 13.1 Å². The molecule has 0 saturated heterocycles. The van der Waals surface area contributed by atoms with Crippen LogP contribution in [0.25, 0.3) is 0 Å². The highest BCUT2D eigenvalue weighted by atomic mass is 19.1. The molecule has 0 heterocycles. The number of carboxylic acids is 1. The molecule has 1 saturated carbocycles. The molecule has 1 aromatic rings. The van der Waals surface area contributed by atoms with E-state index < -0.39 is 17.4 Å². The molecule has 1 aromatic carbocycles. The van der Waals surface area contributed by atoms with Gasteiger partial charge in [0.2, 0.25) is 0 Å². The number of nitrogens with one attached hydrogen (secondary N) is 1. The monoisotopic (exact) mass is 267 g/mol. The fourth-order valence-electron chi connectivity index (χ4n) is 2.49. The summed E-state index contributed by atoms with van der Waals surface area (Å²) in [6.07, 6.45) is 3.68. The van der Waals surface area contributed by atoms with Crippen molar-refractivity contribution in [2.75, 3.05) is 6.54 Å². The van der Waals surface area contributed by atoms with Crippen LogP contribution in [0.3, 0.4) is 0 Å². The van der Waals surface area contributed by atoms with E-state index in [1.807, 2.05) is 0 Å². The Morgan fingerprint density at radius 1 is 1.37 bits per heavy atom. The number of benzene rings is 1. The predicted molar refractivity (Wildman–Crippen MR) is 68.5 cm³/mol. The zero-order chi connectivity index (χ0) is 13.9. The zero-order valence-electron chi connectivity index (χ0n) is 10.7. The minimum Gasteiger partial charge on any atom is -0.478 e. The first-order valence-electron chi connectivity index (χ1n) is 6.45. The number of aliphatic hydroxyl groups is 1. The molecule has 5 heteroatoms. The second kappa shape index (κ2) is 5.67. The summed E-state index contributed by atoms with van der Waals surface area (Å²) in [5.74, 6) is -2.00. The van der Waals surface area contributed by atoms with Gasteiger partial charge < -0.3 is 15.5 Å². The van der Waals surface area contributed by atoms with Gasteiger partial charge >= 0.3 is 5.97 Å². The number of rotatable bonds is 5. The Balaban J connectivity index is 1.89. The first kappa shape index (κ1) is 14.0. The van der Waals surface area contributed by atoms with Gasteiger partial charge in [-0.25, -0.2) is 9.18 Å². The highest BCUT2D eigenvalue weighted by Crippen LogP contribution is 2.28. The highest BCUT2D eigenvalue weighted by molar-refractivity contribution is 5.87. The molecule has 0 radical (unpaired) electrons. The van der Waals surface area contributed by atoms with Crippen molar-refractivity contribution in [3.05, 3.63) is 35.1 Å². The van der Waals surface area contributed by atoms with Crippen molar-refractivity contribution in [2.24, 2.45) is 0 Å². The van der Waals surface area contributed by atoms with Crippen LogP contribution in [-0.4, -0.2) is 28.3 Å². The molecule has 0 spiro atoms. The molecular weight excluding hydrogens is 249 g/mol. The fraction of sp³-hybridized carbons (Fsp3) is 0.500. The average Bonchev–Trinajstić information content (AvgIpc) is 2.76. The summed E-state index contributed by atoms with van der Waals surface area (Å²) in [7, 11) is 0. The van der Waals surface area contributed by atoms with Crippen LogP contribution in [0.2, 0.25) is 0 Å². The van der Waals surface area contributed by atoms with Crippen molar-refractivity contribution in [3.8, 4) is 0 Å². The van der Waals surface area contributed by atoms with Crippen LogP contribution in [0.4, 0.5) is 4.39 Å². The molecular formula is C14H18FNO3. The van der Waals surface area contributed by atoms with Gasteiger partial charge in [0.1, 0.15) is 5.82 Å². The lowest BCUT2D eigenvalue weighted by molar-refractivity contribution is 0.0474. The topological polar surface area (TPSA) is 69.6 Å². The van der Waals surface area contributed by atoms with Crippen LogP contribution < -0.4 is 5.32 Å². The Morgan fingerprint density at radius 2 is 2.05 bits per heavy atom. The Bertz CT molecular complexity index is 470. The van der Waals surface area contributed by atoms with E-state index in [0.29, 0.717) is 18.7 Å². The molecule has 4 nitrogen and oxygen atoms in total. The lowest BCUT2D eigenvalue weighted by atomic mass is 10.0. The molecule has 2 rings (SSSR count). The number of hydrogen-bond acceptors (Lipinski definition) is 3. The minimum absolute atomic E-state index is 0.321. The number of aromatic carboxylic acids is 1. The highest BCUT2D eigenvalue weighted by Gasteiger charge is 2.30. The maximum atomic E-state index is 13.4. The summed E-state index contributed by atoms with van der Waals surface area (Å²) in [5, 5.41) is 21.9. The maximum absolute atomic E-state index is 13.4. The van der Waals surface area contributed by atoms with Crippen molar-refractivity contribution in [1.82, 2.24) is 5.32 Å². The zero-order valence-corrected chi connectivity index (χ0v) is 10.7. The Hall–Kier alpha value is -1.46. The van der Waals surface area contributed by atoms with Crippen LogP contribution in [-0.2, 0) is 6.54 Å². The Kier molecular flexibility index (Phi) is 4.17. The van der Waals surface area contributed by atoms with E-state index in [2.05, 4.69) is 5.32 Å². The normalized spacial score (nSPS) is 17.6. The van der Waals surface area contributed by atoms with Gasteiger partial charge in [-0.2, -0.15) is 0 Å². The molecule has 1 aliphatic rings. The van der Waals surface area contributed by atoms with E-state index >= 15 is 0 Å². The van der Waals surface area contributed by atoms with E-state index in [9.17, 15) is 14.3 Å². The van der Waals surface area contributed by atoms with Gasteiger partial charge in [0.25, 0.3) is 0 Å². The van der Waals surface area contributed by atoms with E-state index in [4.69, 9.17) is 5.11 Å². The maximum Gasteiger partial charge on any atom is 0.338 e. The lowest BCUT2D eigenvalue weighted by Gasteiger charge is -2.22. The third-order valence-electron chi connectivity index (χ3n) is 3.58. The lowest BCUT2D eigenvalue weighted by Crippen LogP contribution is -2.37.